The van der Waals surface area contributed by atoms with Gasteiger partial charge in [-0.25, -0.2) is 9.97 Å². The lowest BCUT2D eigenvalue weighted by Gasteiger charge is -1.99. The second kappa shape index (κ2) is 5.14. The summed E-state index contributed by atoms with van der Waals surface area (Å²) in [6.45, 7) is 0. The molecule has 0 amide bonds. The second-order valence-electron chi connectivity index (χ2n) is 2.74. The number of nitrogens with zero attached hydrogens (tertiary/aromatic N) is 2. The van der Waals surface area contributed by atoms with Crippen LogP contribution >= 0.6 is 46.0 Å². The van der Waals surface area contributed by atoms with Crippen LogP contribution in [0.4, 0.5) is 0 Å². The van der Waals surface area contributed by atoms with Gasteiger partial charge in [-0.2, -0.15) is 0 Å². The van der Waals surface area contributed by atoms with E-state index in [4.69, 9.17) is 11.6 Å². The largest absolute Gasteiger partial charge is 0.230 e. The average molecular weight is 349 g/mol. The molecule has 2 nitrogen and oxygen atoms in total. The summed E-state index contributed by atoms with van der Waals surface area (Å²) in [7, 11) is 0. The second-order valence-corrected chi connectivity index (χ2v) is 5.46. The van der Waals surface area contributed by atoms with E-state index in [9.17, 15) is 0 Å². The lowest BCUT2D eigenvalue weighted by Crippen LogP contribution is -1.85. The third-order valence-electron chi connectivity index (χ3n) is 1.62. The fraction of sp³-hybridized carbons (Fsp3) is 0. The highest BCUT2D eigenvalue weighted by Crippen LogP contribution is 2.25. The molecule has 0 bridgehead atoms. The Balaban J connectivity index is 2.15. The lowest BCUT2D eigenvalue weighted by molar-refractivity contribution is 0.957. The normalized spacial score (nSPS) is 10.3. The number of halogens is 2. The summed E-state index contributed by atoms with van der Waals surface area (Å²) >= 11 is 9.49. The smallest absolute Gasteiger partial charge is 0.192 e. The van der Waals surface area contributed by atoms with Gasteiger partial charge in [0.2, 0.25) is 0 Å². The third-order valence-corrected chi connectivity index (χ3v) is 3.33. The van der Waals surface area contributed by atoms with Gasteiger partial charge >= 0.3 is 0 Å². The Bertz CT molecular complexity index is 400. The van der Waals surface area contributed by atoms with Crippen LogP contribution in [-0.4, -0.2) is 9.97 Å². The molecule has 0 fully saturated rings. The zero-order valence-electron chi connectivity index (χ0n) is 7.52. The molecule has 1 aromatic carbocycles. The van der Waals surface area contributed by atoms with Crippen LogP contribution in [0.25, 0.3) is 0 Å². The number of rotatable bonds is 2. The number of benzene rings is 1. The molecule has 1 heterocycles. The van der Waals surface area contributed by atoms with Crippen LogP contribution in [0.15, 0.2) is 46.7 Å². The van der Waals surface area contributed by atoms with Crippen molar-refractivity contribution < 1.29 is 0 Å². The molecular formula is C10H6ClIN2S. The van der Waals surface area contributed by atoms with Crippen molar-refractivity contribution in [1.82, 2.24) is 9.97 Å². The SMILES string of the molecule is Clc1ccc(Sc2ncc(I)cn2)cc1. The van der Waals surface area contributed by atoms with Crippen LogP contribution < -0.4 is 0 Å². The van der Waals surface area contributed by atoms with E-state index in [0.29, 0.717) is 0 Å². The first kappa shape index (κ1) is 11.2. The summed E-state index contributed by atoms with van der Waals surface area (Å²) in [6.07, 6.45) is 3.59. The molecule has 0 N–H and O–H groups in total. The first-order valence-electron chi connectivity index (χ1n) is 4.15. The molecule has 15 heavy (non-hydrogen) atoms. The molecule has 0 saturated heterocycles. The van der Waals surface area contributed by atoms with Crippen molar-refractivity contribution in [2.45, 2.75) is 10.1 Å². The van der Waals surface area contributed by atoms with Gasteiger partial charge in [0.15, 0.2) is 5.16 Å². The summed E-state index contributed by atoms with van der Waals surface area (Å²) in [5, 5.41) is 1.49. The molecule has 2 aromatic rings. The highest BCUT2D eigenvalue weighted by molar-refractivity contribution is 14.1. The zero-order valence-corrected chi connectivity index (χ0v) is 11.3. The van der Waals surface area contributed by atoms with Gasteiger partial charge in [-0.05, 0) is 58.6 Å². The van der Waals surface area contributed by atoms with E-state index in [1.165, 1.54) is 11.8 Å². The van der Waals surface area contributed by atoms with Gasteiger partial charge in [0.25, 0.3) is 0 Å². The van der Waals surface area contributed by atoms with Crippen LogP contribution in [0.1, 0.15) is 0 Å². The summed E-state index contributed by atoms with van der Waals surface area (Å²) in [5.74, 6) is 0. The molecule has 2 rings (SSSR count). The summed E-state index contributed by atoms with van der Waals surface area (Å²) in [4.78, 5) is 9.50. The highest BCUT2D eigenvalue weighted by atomic mass is 127. The average Bonchev–Trinajstić information content (AvgIpc) is 2.25. The van der Waals surface area contributed by atoms with Gasteiger partial charge in [0, 0.05) is 25.9 Å². The fourth-order valence-corrected chi connectivity index (χ4v) is 2.06. The Kier molecular flexibility index (Phi) is 3.82. The molecule has 5 heteroatoms. The Morgan fingerprint density at radius 2 is 1.67 bits per heavy atom. The van der Waals surface area contributed by atoms with E-state index >= 15 is 0 Å². The van der Waals surface area contributed by atoms with Crippen LogP contribution in [0.5, 0.6) is 0 Å². The zero-order chi connectivity index (χ0) is 10.7. The fourth-order valence-electron chi connectivity index (χ4n) is 0.961. The highest BCUT2D eigenvalue weighted by Gasteiger charge is 1.99. The van der Waals surface area contributed by atoms with E-state index in [-0.39, 0.29) is 0 Å². The van der Waals surface area contributed by atoms with Crippen molar-refractivity contribution in [1.29, 1.82) is 0 Å². The van der Waals surface area contributed by atoms with Gasteiger partial charge in [0.05, 0.1) is 0 Å². The maximum Gasteiger partial charge on any atom is 0.192 e. The molecule has 0 aliphatic heterocycles. The van der Waals surface area contributed by atoms with Crippen LogP contribution in [0, 0.1) is 3.57 Å². The van der Waals surface area contributed by atoms with E-state index in [1.807, 2.05) is 24.3 Å². The minimum atomic E-state index is 0.739. The van der Waals surface area contributed by atoms with Gasteiger partial charge in [-0.15, -0.1) is 0 Å². The van der Waals surface area contributed by atoms with Crippen LogP contribution in [-0.2, 0) is 0 Å². The molecule has 0 saturated carbocycles. The quantitative estimate of drug-likeness (QED) is 0.608. The molecule has 0 atom stereocenters. The van der Waals surface area contributed by atoms with E-state index < -0.39 is 0 Å². The topological polar surface area (TPSA) is 25.8 Å². The monoisotopic (exact) mass is 348 g/mol. The summed E-state index contributed by atoms with van der Waals surface area (Å²) < 4.78 is 1.04. The van der Waals surface area contributed by atoms with Crippen molar-refractivity contribution >= 4 is 46.0 Å². The first-order chi connectivity index (χ1) is 7.24. The Morgan fingerprint density at radius 3 is 2.27 bits per heavy atom. The molecule has 1 aromatic heterocycles. The standard InChI is InChI=1S/C10H6ClIN2S/c11-7-1-3-9(4-2-7)15-10-13-5-8(12)6-14-10/h1-6H. The minimum Gasteiger partial charge on any atom is -0.230 e. The molecule has 0 unspecified atom stereocenters. The lowest BCUT2D eigenvalue weighted by atomic mass is 10.4. The van der Waals surface area contributed by atoms with Crippen molar-refractivity contribution in [3.63, 3.8) is 0 Å². The molecule has 0 radical (unpaired) electrons. The molecule has 76 valence electrons. The van der Waals surface area contributed by atoms with Gasteiger partial charge in [-0.1, -0.05) is 11.6 Å². The van der Waals surface area contributed by atoms with Crippen molar-refractivity contribution in [2.75, 3.05) is 0 Å². The maximum absolute atomic E-state index is 5.79. The number of hydrogen-bond acceptors (Lipinski definition) is 3. The molecule has 0 aliphatic carbocycles. The van der Waals surface area contributed by atoms with E-state index in [2.05, 4.69) is 32.6 Å². The Morgan fingerprint density at radius 1 is 1.07 bits per heavy atom. The van der Waals surface area contributed by atoms with Crippen LogP contribution in [0.3, 0.4) is 0 Å². The Labute approximate surface area is 111 Å². The minimum absolute atomic E-state index is 0.739. The number of aromatic nitrogens is 2. The van der Waals surface area contributed by atoms with Gasteiger partial charge in [0.1, 0.15) is 0 Å². The van der Waals surface area contributed by atoms with Crippen molar-refractivity contribution in [3.05, 3.63) is 45.3 Å². The Hall–Kier alpha value is -0.330. The van der Waals surface area contributed by atoms with Crippen molar-refractivity contribution in [2.24, 2.45) is 0 Å². The summed E-state index contributed by atoms with van der Waals surface area (Å²) in [6, 6.07) is 7.62. The van der Waals surface area contributed by atoms with Crippen molar-refractivity contribution in [3.8, 4) is 0 Å². The molecule has 0 spiro atoms. The predicted octanol–water partition coefficient (Wildman–Crippen LogP) is 3.89. The maximum atomic E-state index is 5.79. The van der Waals surface area contributed by atoms with Gasteiger partial charge in [-0.3, -0.25) is 0 Å². The number of hydrogen-bond donors (Lipinski definition) is 0. The summed E-state index contributed by atoms with van der Waals surface area (Å²) in [5.41, 5.74) is 0. The van der Waals surface area contributed by atoms with E-state index in [0.717, 1.165) is 18.6 Å². The van der Waals surface area contributed by atoms with E-state index in [1.54, 1.807) is 12.4 Å². The molecule has 0 aliphatic rings. The van der Waals surface area contributed by atoms with Gasteiger partial charge < -0.3 is 0 Å². The van der Waals surface area contributed by atoms with Crippen LogP contribution in [0.2, 0.25) is 5.02 Å². The predicted molar refractivity (Wildman–Crippen MR) is 70.3 cm³/mol. The molecular weight excluding hydrogens is 343 g/mol. The first-order valence-corrected chi connectivity index (χ1v) is 6.42. The third kappa shape index (κ3) is 3.32.